The van der Waals surface area contributed by atoms with Crippen LogP contribution < -0.4 is 9.96 Å². The molecule has 1 aliphatic rings. The Bertz CT molecular complexity index is 1110. The van der Waals surface area contributed by atoms with Crippen LogP contribution in [-0.4, -0.2) is 11.5 Å². The van der Waals surface area contributed by atoms with Crippen molar-refractivity contribution in [3.63, 3.8) is 0 Å². The third-order valence-corrected chi connectivity index (χ3v) is 5.25. The van der Waals surface area contributed by atoms with Crippen LogP contribution in [0.5, 0.6) is 5.75 Å². The van der Waals surface area contributed by atoms with Gasteiger partial charge in [-0.3, -0.25) is 0 Å². The third kappa shape index (κ3) is 1.77. The van der Waals surface area contributed by atoms with E-state index in [4.69, 9.17) is 4.74 Å². The largest absolute Gasteiger partial charge is 0.496 e. The second-order valence-corrected chi connectivity index (χ2v) is 6.48. The predicted octanol–water partition coefficient (Wildman–Crippen LogP) is 4.36. The molecular formula is C22H19NO. The minimum atomic E-state index is 0.997. The van der Waals surface area contributed by atoms with Crippen LogP contribution in [0.1, 0.15) is 24.0 Å². The molecule has 1 aliphatic carbocycles. The zero-order valence-corrected chi connectivity index (χ0v) is 13.8. The molecule has 2 heteroatoms. The molecule has 0 N–H and O–H groups in total. The number of hydrogen-bond acceptors (Lipinski definition) is 1. The molecule has 4 aromatic rings. The first-order valence-corrected chi connectivity index (χ1v) is 8.55. The molecule has 0 aliphatic heterocycles. The highest BCUT2D eigenvalue weighted by molar-refractivity contribution is 5.93. The van der Waals surface area contributed by atoms with Crippen LogP contribution in [0.4, 0.5) is 0 Å². The van der Waals surface area contributed by atoms with Gasteiger partial charge >= 0.3 is 0 Å². The van der Waals surface area contributed by atoms with Crippen LogP contribution >= 0.6 is 0 Å². The smallest absolute Gasteiger partial charge is 0.126 e. The van der Waals surface area contributed by atoms with Crippen LogP contribution in [0.15, 0.2) is 60.8 Å². The molecular weight excluding hydrogens is 294 g/mol. The summed E-state index contributed by atoms with van der Waals surface area (Å²) in [6.45, 7) is 0. The van der Waals surface area contributed by atoms with Crippen molar-refractivity contribution in [1.82, 2.24) is 4.40 Å². The lowest BCUT2D eigenvalue weighted by Crippen LogP contribution is -2.13. The molecule has 0 fully saturated rings. The van der Waals surface area contributed by atoms with Gasteiger partial charge in [0.15, 0.2) is 0 Å². The summed E-state index contributed by atoms with van der Waals surface area (Å²) < 4.78 is 8.03. The van der Waals surface area contributed by atoms with Gasteiger partial charge in [-0.1, -0.05) is 30.3 Å². The van der Waals surface area contributed by atoms with Crippen molar-refractivity contribution in [3.05, 3.63) is 77.1 Å². The maximum Gasteiger partial charge on any atom is 0.126 e. The van der Waals surface area contributed by atoms with E-state index >= 15 is 0 Å². The second-order valence-electron chi connectivity index (χ2n) is 6.48. The molecule has 0 saturated carbocycles. The molecule has 0 atom stereocenters. The molecule has 0 unspecified atom stereocenters. The normalized spacial score (nSPS) is 16.5. The first-order valence-electron chi connectivity index (χ1n) is 8.55. The van der Waals surface area contributed by atoms with E-state index in [0.29, 0.717) is 0 Å². The molecule has 5 rings (SSSR count). The Hall–Kier alpha value is -2.74. The van der Waals surface area contributed by atoms with Crippen molar-refractivity contribution in [3.8, 4) is 5.75 Å². The summed E-state index contributed by atoms with van der Waals surface area (Å²) in [5.74, 6) is 0.997. The maximum absolute atomic E-state index is 5.72. The molecule has 2 aromatic heterocycles. The maximum atomic E-state index is 5.72. The molecule has 0 bridgehead atoms. The minimum Gasteiger partial charge on any atom is -0.496 e. The molecule has 2 nitrogen and oxygen atoms in total. The summed E-state index contributed by atoms with van der Waals surface area (Å²) in [6.07, 6.45) is 5.59. The molecule has 2 heterocycles. The van der Waals surface area contributed by atoms with Gasteiger partial charge in [0, 0.05) is 22.4 Å². The van der Waals surface area contributed by atoms with E-state index < -0.39 is 0 Å². The first kappa shape index (κ1) is 13.7. The Morgan fingerprint density at radius 2 is 1.75 bits per heavy atom. The Labute approximate surface area is 141 Å². The van der Waals surface area contributed by atoms with Crippen molar-refractivity contribution in [2.45, 2.75) is 19.3 Å². The van der Waals surface area contributed by atoms with Gasteiger partial charge in [-0.2, -0.15) is 0 Å². The summed E-state index contributed by atoms with van der Waals surface area (Å²) in [7, 11) is 1.78. The summed E-state index contributed by atoms with van der Waals surface area (Å²) in [5, 5.41) is 2.71. The van der Waals surface area contributed by atoms with Gasteiger partial charge in [0.2, 0.25) is 0 Å². The van der Waals surface area contributed by atoms with Gasteiger partial charge in [-0.25, -0.2) is 0 Å². The van der Waals surface area contributed by atoms with Crippen molar-refractivity contribution in [2.24, 2.45) is 0 Å². The number of rotatable bonds is 1. The highest BCUT2D eigenvalue weighted by Crippen LogP contribution is 2.36. The van der Waals surface area contributed by atoms with E-state index in [2.05, 4.69) is 65.2 Å². The number of methoxy groups -OCH3 is 1. The summed E-state index contributed by atoms with van der Waals surface area (Å²) >= 11 is 0. The molecule has 24 heavy (non-hydrogen) atoms. The van der Waals surface area contributed by atoms with Crippen molar-refractivity contribution < 1.29 is 4.74 Å². The average Bonchev–Trinajstić information content (AvgIpc) is 3.21. The number of nitrogens with zero attached hydrogens (tertiary/aromatic N) is 1. The second kappa shape index (κ2) is 5.13. The van der Waals surface area contributed by atoms with Crippen LogP contribution in [0, 0.1) is 0 Å². The van der Waals surface area contributed by atoms with Gasteiger partial charge in [-0.15, -0.1) is 0 Å². The SMILES string of the molecule is COc1cccc2c1/C(=c1/c3ccccc3n3cccc13)CCC2. The van der Waals surface area contributed by atoms with Crippen molar-refractivity contribution in [1.29, 1.82) is 0 Å². The van der Waals surface area contributed by atoms with Gasteiger partial charge in [0.05, 0.1) is 18.1 Å². The Morgan fingerprint density at radius 3 is 2.67 bits per heavy atom. The number of aromatic nitrogens is 1. The van der Waals surface area contributed by atoms with E-state index in [9.17, 15) is 0 Å². The highest BCUT2D eigenvalue weighted by atomic mass is 16.5. The van der Waals surface area contributed by atoms with Gasteiger partial charge in [-0.05, 0) is 54.7 Å². The highest BCUT2D eigenvalue weighted by Gasteiger charge is 2.21. The summed E-state index contributed by atoms with van der Waals surface area (Å²) in [4.78, 5) is 0. The fraction of sp³-hybridized carbons (Fsp3) is 0.182. The Kier molecular flexibility index (Phi) is 2.93. The zero-order valence-electron chi connectivity index (χ0n) is 13.8. The summed E-state index contributed by atoms with van der Waals surface area (Å²) in [5.41, 5.74) is 6.72. The number of aryl methyl sites for hydroxylation is 1. The molecule has 2 aromatic carbocycles. The number of hydrogen-bond donors (Lipinski definition) is 0. The monoisotopic (exact) mass is 313 g/mol. The van der Waals surface area contributed by atoms with Gasteiger partial charge < -0.3 is 9.14 Å². The lowest BCUT2D eigenvalue weighted by Gasteiger charge is -2.21. The van der Waals surface area contributed by atoms with E-state index in [1.54, 1.807) is 7.11 Å². The lowest BCUT2D eigenvalue weighted by atomic mass is 9.85. The number of para-hydroxylation sites is 1. The minimum absolute atomic E-state index is 0.997. The Balaban J connectivity index is 2.02. The van der Waals surface area contributed by atoms with Crippen LogP contribution in [0.3, 0.4) is 0 Å². The topological polar surface area (TPSA) is 13.6 Å². The average molecular weight is 313 g/mol. The lowest BCUT2D eigenvalue weighted by molar-refractivity contribution is 0.412. The number of ether oxygens (including phenoxy) is 1. The quantitative estimate of drug-likeness (QED) is 0.509. The fourth-order valence-corrected chi connectivity index (χ4v) is 4.27. The molecule has 0 amide bonds. The predicted molar refractivity (Wildman–Crippen MR) is 98.6 cm³/mol. The van der Waals surface area contributed by atoms with Crippen molar-refractivity contribution in [2.75, 3.05) is 7.11 Å². The van der Waals surface area contributed by atoms with Crippen LogP contribution in [0.2, 0.25) is 0 Å². The molecule has 118 valence electrons. The van der Waals surface area contributed by atoms with Crippen LogP contribution in [0.25, 0.3) is 22.0 Å². The van der Waals surface area contributed by atoms with E-state index in [-0.39, 0.29) is 0 Å². The fourth-order valence-electron chi connectivity index (χ4n) is 4.27. The molecule has 0 spiro atoms. The summed E-state index contributed by atoms with van der Waals surface area (Å²) in [6, 6.07) is 19.5. The third-order valence-electron chi connectivity index (χ3n) is 5.25. The van der Waals surface area contributed by atoms with Gasteiger partial charge in [0.25, 0.3) is 0 Å². The zero-order chi connectivity index (χ0) is 16.1. The van der Waals surface area contributed by atoms with Gasteiger partial charge in [0.1, 0.15) is 5.75 Å². The first-order chi connectivity index (χ1) is 11.9. The standard InChI is InChI=1S/C22H19NO/c1-24-20-13-5-8-15-7-4-10-17(21(15)20)22-16-9-2-3-11-18(16)23-14-6-12-19(22)23/h2-3,5-6,8-9,11-14H,4,7,10H2,1H3/b22-17-. The Morgan fingerprint density at radius 1 is 0.875 bits per heavy atom. The molecule has 0 radical (unpaired) electrons. The van der Waals surface area contributed by atoms with E-state index in [1.165, 1.54) is 44.8 Å². The molecule has 0 saturated heterocycles. The van der Waals surface area contributed by atoms with Crippen LogP contribution in [-0.2, 0) is 6.42 Å². The number of benzene rings is 2. The van der Waals surface area contributed by atoms with E-state index in [0.717, 1.165) is 18.6 Å². The van der Waals surface area contributed by atoms with Crippen molar-refractivity contribution >= 4 is 22.0 Å². The van der Waals surface area contributed by atoms with E-state index in [1.807, 2.05) is 0 Å². The number of fused-ring (bicyclic) bond motifs is 4.